The van der Waals surface area contributed by atoms with Gasteiger partial charge in [0.1, 0.15) is 0 Å². The molecule has 1 N–H and O–H groups in total. The first kappa shape index (κ1) is 14.8. The molecule has 3 rings (SSSR count). The SMILES string of the molecule is CC1CCC(C(C)C)C(N(C)C2CC3CCC(C2)N3)C1. The number of hydrogen-bond acceptors (Lipinski definition) is 2. The van der Waals surface area contributed by atoms with E-state index in [-0.39, 0.29) is 0 Å². The number of rotatable bonds is 3. The molecule has 0 spiro atoms. The van der Waals surface area contributed by atoms with Crippen LogP contribution < -0.4 is 5.32 Å². The molecule has 2 aliphatic heterocycles. The first-order valence-electron chi connectivity index (χ1n) is 9.02. The van der Waals surface area contributed by atoms with Crippen LogP contribution in [0, 0.1) is 17.8 Å². The normalized spacial score (nSPS) is 45.3. The second-order valence-electron chi connectivity index (χ2n) is 8.32. The van der Waals surface area contributed by atoms with Gasteiger partial charge < -0.3 is 10.2 Å². The molecule has 2 bridgehead atoms. The summed E-state index contributed by atoms with van der Waals surface area (Å²) in [5.41, 5.74) is 0. The van der Waals surface area contributed by atoms with Crippen LogP contribution in [0.1, 0.15) is 65.7 Å². The minimum Gasteiger partial charge on any atom is -0.311 e. The third-order valence-corrected chi connectivity index (χ3v) is 6.53. The van der Waals surface area contributed by atoms with Crippen molar-refractivity contribution in [2.24, 2.45) is 17.8 Å². The maximum absolute atomic E-state index is 3.79. The first-order chi connectivity index (χ1) is 9.54. The van der Waals surface area contributed by atoms with Crippen LogP contribution in [0.2, 0.25) is 0 Å². The fraction of sp³-hybridized carbons (Fsp3) is 1.00. The average Bonchev–Trinajstić information content (AvgIpc) is 2.76. The Morgan fingerprint density at radius 3 is 2.20 bits per heavy atom. The Morgan fingerprint density at radius 2 is 1.60 bits per heavy atom. The third-order valence-electron chi connectivity index (χ3n) is 6.53. The van der Waals surface area contributed by atoms with Crippen molar-refractivity contribution in [1.82, 2.24) is 10.2 Å². The van der Waals surface area contributed by atoms with Crippen LogP contribution in [0.3, 0.4) is 0 Å². The molecule has 20 heavy (non-hydrogen) atoms. The molecule has 5 unspecified atom stereocenters. The molecule has 0 amide bonds. The van der Waals surface area contributed by atoms with Crippen molar-refractivity contribution in [3.05, 3.63) is 0 Å². The summed E-state index contributed by atoms with van der Waals surface area (Å²) in [5, 5.41) is 3.79. The highest BCUT2D eigenvalue weighted by molar-refractivity contribution is 4.98. The molecule has 2 saturated heterocycles. The van der Waals surface area contributed by atoms with Crippen LogP contribution in [0.15, 0.2) is 0 Å². The van der Waals surface area contributed by atoms with E-state index >= 15 is 0 Å². The molecule has 0 radical (unpaired) electrons. The second kappa shape index (κ2) is 5.96. The Morgan fingerprint density at radius 1 is 0.950 bits per heavy atom. The highest BCUT2D eigenvalue weighted by Gasteiger charge is 2.40. The molecule has 0 aromatic heterocycles. The number of fused-ring (bicyclic) bond motifs is 2. The topological polar surface area (TPSA) is 15.3 Å². The fourth-order valence-corrected chi connectivity index (χ4v) is 5.25. The predicted octanol–water partition coefficient (Wildman–Crippen LogP) is 3.66. The molecule has 116 valence electrons. The maximum Gasteiger partial charge on any atom is 0.0128 e. The van der Waals surface area contributed by atoms with E-state index in [1.807, 2.05) is 0 Å². The van der Waals surface area contributed by atoms with E-state index in [9.17, 15) is 0 Å². The Hall–Kier alpha value is -0.0800. The van der Waals surface area contributed by atoms with Crippen molar-refractivity contribution in [2.75, 3.05) is 7.05 Å². The molecule has 0 aromatic carbocycles. The molecule has 1 saturated carbocycles. The van der Waals surface area contributed by atoms with Gasteiger partial charge in [0, 0.05) is 24.2 Å². The number of hydrogen-bond donors (Lipinski definition) is 1. The lowest BCUT2D eigenvalue weighted by atomic mass is 9.73. The quantitative estimate of drug-likeness (QED) is 0.847. The Bertz CT molecular complexity index is 315. The zero-order valence-corrected chi connectivity index (χ0v) is 13.9. The van der Waals surface area contributed by atoms with Gasteiger partial charge in [-0.2, -0.15) is 0 Å². The molecule has 2 heteroatoms. The number of piperidine rings is 1. The molecule has 1 aliphatic carbocycles. The fourth-order valence-electron chi connectivity index (χ4n) is 5.25. The summed E-state index contributed by atoms with van der Waals surface area (Å²) in [6.45, 7) is 7.34. The molecule has 3 aliphatic rings. The Kier molecular flexibility index (Phi) is 4.42. The van der Waals surface area contributed by atoms with E-state index in [2.05, 4.69) is 38.0 Å². The average molecular weight is 278 g/mol. The van der Waals surface area contributed by atoms with Gasteiger partial charge in [-0.25, -0.2) is 0 Å². The van der Waals surface area contributed by atoms with Crippen LogP contribution in [-0.4, -0.2) is 36.1 Å². The van der Waals surface area contributed by atoms with Crippen LogP contribution in [0.4, 0.5) is 0 Å². The van der Waals surface area contributed by atoms with E-state index in [1.54, 1.807) is 0 Å². The zero-order chi connectivity index (χ0) is 14.3. The van der Waals surface area contributed by atoms with Crippen molar-refractivity contribution in [2.45, 2.75) is 89.9 Å². The minimum absolute atomic E-state index is 0.819. The standard InChI is InChI=1S/C18H34N2/c1-12(2)17-8-5-13(3)9-18(17)20(4)16-10-14-6-7-15(11-16)19-14/h12-19H,5-11H2,1-4H3. The van der Waals surface area contributed by atoms with Crippen LogP contribution in [0.5, 0.6) is 0 Å². The second-order valence-corrected chi connectivity index (χ2v) is 8.32. The molecule has 0 aromatic rings. The number of nitrogens with zero attached hydrogens (tertiary/aromatic N) is 1. The van der Waals surface area contributed by atoms with E-state index in [4.69, 9.17) is 0 Å². The highest BCUT2D eigenvalue weighted by Crippen LogP contribution is 2.39. The molecular weight excluding hydrogens is 244 g/mol. The molecule has 2 nitrogen and oxygen atoms in total. The van der Waals surface area contributed by atoms with E-state index in [0.29, 0.717) is 0 Å². The van der Waals surface area contributed by atoms with Gasteiger partial charge in [-0.05, 0) is 63.3 Å². The molecule has 3 fully saturated rings. The summed E-state index contributed by atoms with van der Waals surface area (Å²) in [6, 6.07) is 3.31. The maximum atomic E-state index is 3.79. The zero-order valence-electron chi connectivity index (χ0n) is 13.9. The van der Waals surface area contributed by atoms with Gasteiger partial charge >= 0.3 is 0 Å². The van der Waals surface area contributed by atoms with E-state index in [0.717, 1.165) is 41.9 Å². The molecule has 5 atom stereocenters. The van der Waals surface area contributed by atoms with Gasteiger partial charge in [-0.15, -0.1) is 0 Å². The lowest BCUT2D eigenvalue weighted by Gasteiger charge is -2.47. The first-order valence-corrected chi connectivity index (χ1v) is 9.02. The van der Waals surface area contributed by atoms with Gasteiger partial charge in [-0.1, -0.05) is 27.2 Å². The minimum atomic E-state index is 0.819. The summed E-state index contributed by atoms with van der Waals surface area (Å²) in [6.07, 6.45) is 9.95. The van der Waals surface area contributed by atoms with Crippen molar-refractivity contribution in [3.8, 4) is 0 Å². The van der Waals surface area contributed by atoms with Crippen molar-refractivity contribution < 1.29 is 0 Å². The lowest BCUT2D eigenvalue weighted by molar-refractivity contribution is 0.0324. The summed E-state index contributed by atoms with van der Waals surface area (Å²) < 4.78 is 0. The molecule has 2 heterocycles. The van der Waals surface area contributed by atoms with Crippen LogP contribution in [0.25, 0.3) is 0 Å². The third kappa shape index (κ3) is 2.92. The monoisotopic (exact) mass is 278 g/mol. The number of nitrogens with one attached hydrogen (secondary N) is 1. The smallest absolute Gasteiger partial charge is 0.0128 e. The van der Waals surface area contributed by atoms with Gasteiger partial charge in [-0.3, -0.25) is 0 Å². The summed E-state index contributed by atoms with van der Waals surface area (Å²) in [5.74, 6) is 2.69. The van der Waals surface area contributed by atoms with Crippen molar-refractivity contribution in [3.63, 3.8) is 0 Å². The van der Waals surface area contributed by atoms with Crippen LogP contribution in [-0.2, 0) is 0 Å². The van der Waals surface area contributed by atoms with Gasteiger partial charge in [0.05, 0.1) is 0 Å². The van der Waals surface area contributed by atoms with Gasteiger partial charge in [0.25, 0.3) is 0 Å². The van der Waals surface area contributed by atoms with E-state index in [1.165, 1.54) is 44.9 Å². The summed E-state index contributed by atoms with van der Waals surface area (Å²) >= 11 is 0. The molecular formula is C18H34N2. The van der Waals surface area contributed by atoms with Crippen molar-refractivity contribution >= 4 is 0 Å². The van der Waals surface area contributed by atoms with Gasteiger partial charge in [0.15, 0.2) is 0 Å². The summed E-state index contributed by atoms with van der Waals surface area (Å²) in [7, 11) is 2.44. The largest absolute Gasteiger partial charge is 0.311 e. The van der Waals surface area contributed by atoms with Crippen molar-refractivity contribution in [1.29, 1.82) is 0 Å². The highest BCUT2D eigenvalue weighted by atomic mass is 15.2. The Labute approximate surface area is 125 Å². The van der Waals surface area contributed by atoms with Crippen LogP contribution >= 0.6 is 0 Å². The van der Waals surface area contributed by atoms with E-state index < -0.39 is 0 Å². The lowest BCUT2D eigenvalue weighted by Crippen LogP contribution is -2.53. The summed E-state index contributed by atoms with van der Waals surface area (Å²) in [4.78, 5) is 2.81. The van der Waals surface area contributed by atoms with Gasteiger partial charge in [0.2, 0.25) is 0 Å². The Balaban J connectivity index is 1.68. The predicted molar refractivity (Wildman–Crippen MR) is 85.9 cm³/mol.